The Morgan fingerprint density at radius 1 is 1.27 bits per heavy atom. The number of carbonyl (C=O) groups excluding carboxylic acids is 2. The van der Waals surface area contributed by atoms with Gasteiger partial charge >= 0.3 is 0 Å². The Labute approximate surface area is 129 Å². The Bertz CT molecular complexity index is 643. The third-order valence-corrected chi connectivity index (χ3v) is 5.15. The lowest BCUT2D eigenvalue weighted by molar-refractivity contribution is -0.133. The molecule has 0 aromatic heterocycles. The van der Waals surface area contributed by atoms with Crippen LogP contribution in [0, 0.1) is 0 Å². The number of hydrogen-bond donors (Lipinski definition) is 1. The van der Waals surface area contributed by atoms with E-state index in [0.29, 0.717) is 18.7 Å². The van der Waals surface area contributed by atoms with Crippen LogP contribution in [-0.2, 0) is 11.2 Å². The minimum absolute atomic E-state index is 0.0223. The molecule has 2 fully saturated rings. The SMILES string of the molecule is O=C(c1ccc2c(c1)CCO2)N1CCCC12CCCNC2=O. The predicted octanol–water partition coefficient (Wildman–Crippen LogP) is 1.51. The van der Waals surface area contributed by atoms with Crippen molar-refractivity contribution in [3.05, 3.63) is 29.3 Å². The molecule has 1 aromatic rings. The lowest BCUT2D eigenvalue weighted by atomic mass is 9.86. The zero-order valence-corrected chi connectivity index (χ0v) is 12.6. The molecule has 2 saturated heterocycles. The van der Waals surface area contributed by atoms with E-state index in [9.17, 15) is 9.59 Å². The van der Waals surface area contributed by atoms with Crippen molar-refractivity contribution in [1.82, 2.24) is 10.2 Å². The van der Waals surface area contributed by atoms with Gasteiger partial charge in [0.1, 0.15) is 11.3 Å². The summed E-state index contributed by atoms with van der Waals surface area (Å²) in [7, 11) is 0. The van der Waals surface area contributed by atoms with E-state index in [0.717, 1.165) is 50.0 Å². The van der Waals surface area contributed by atoms with Gasteiger partial charge in [0.05, 0.1) is 6.61 Å². The minimum atomic E-state index is -0.620. The van der Waals surface area contributed by atoms with Crippen molar-refractivity contribution >= 4 is 11.8 Å². The molecule has 3 heterocycles. The fourth-order valence-corrected chi connectivity index (χ4v) is 4.01. The first kappa shape index (κ1) is 13.6. The van der Waals surface area contributed by atoms with Crippen molar-refractivity contribution in [2.75, 3.05) is 19.7 Å². The molecule has 1 N–H and O–H groups in total. The maximum Gasteiger partial charge on any atom is 0.254 e. The number of nitrogens with zero attached hydrogens (tertiary/aromatic N) is 1. The number of likely N-dealkylation sites (tertiary alicyclic amines) is 1. The molecule has 4 rings (SSSR count). The van der Waals surface area contributed by atoms with E-state index in [1.165, 1.54) is 0 Å². The van der Waals surface area contributed by atoms with Crippen LogP contribution in [0.15, 0.2) is 18.2 Å². The van der Waals surface area contributed by atoms with Crippen molar-refractivity contribution in [2.45, 2.75) is 37.6 Å². The molecule has 0 aliphatic carbocycles. The summed E-state index contributed by atoms with van der Waals surface area (Å²) in [5.74, 6) is 0.876. The first-order valence-electron chi connectivity index (χ1n) is 8.07. The highest BCUT2D eigenvalue weighted by Gasteiger charge is 2.50. The van der Waals surface area contributed by atoms with Crippen molar-refractivity contribution in [2.24, 2.45) is 0 Å². The van der Waals surface area contributed by atoms with Gasteiger partial charge in [0.25, 0.3) is 5.91 Å². The van der Waals surface area contributed by atoms with Crippen LogP contribution in [0.1, 0.15) is 41.6 Å². The lowest BCUT2D eigenvalue weighted by Gasteiger charge is -2.40. The van der Waals surface area contributed by atoms with Gasteiger partial charge in [-0.3, -0.25) is 9.59 Å². The predicted molar refractivity (Wildman–Crippen MR) is 80.9 cm³/mol. The molecule has 5 nitrogen and oxygen atoms in total. The molecule has 0 saturated carbocycles. The number of ether oxygens (including phenoxy) is 1. The summed E-state index contributed by atoms with van der Waals surface area (Å²) in [6.45, 7) is 2.07. The zero-order chi connectivity index (χ0) is 15.2. The average Bonchev–Trinajstić information content (AvgIpc) is 3.16. The quantitative estimate of drug-likeness (QED) is 0.855. The number of nitrogens with one attached hydrogen (secondary N) is 1. The van der Waals surface area contributed by atoms with Crippen LogP contribution in [0.2, 0.25) is 0 Å². The highest BCUT2D eigenvalue weighted by atomic mass is 16.5. The summed E-state index contributed by atoms with van der Waals surface area (Å²) in [5, 5.41) is 2.94. The van der Waals surface area contributed by atoms with E-state index in [2.05, 4.69) is 5.32 Å². The fraction of sp³-hybridized carbons (Fsp3) is 0.529. The van der Waals surface area contributed by atoms with Gasteiger partial charge in [0, 0.05) is 25.1 Å². The van der Waals surface area contributed by atoms with Crippen LogP contribution >= 0.6 is 0 Å². The van der Waals surface area contributed by atoms with E-state index in [1.807, 2.05) is 18.2 Å². The summed E-state index contributed by atoms with van der Waals surface area (Å²) in [4.78, 5) is 27.2. The van der Waals surface area contributed by atoms with E-state index in [-0.39, 0.29) is 11.8 Å². The molecule has 1 aromatic carbocycles. The maximum absolute atomic E-state index is 13.0. The zero-order valence-electron chi connectivity index (χ0n) is 12.6. The maximum atomic E-state index is 13.0. The summed E-state index contributed by atoms with van der Waals surface area (Å²) >= 11 is 0. The number of hydrogen-bond acceptors (Lipinski definition) is 3. The van der Waals surface area contributed by atoms with Crippen LogP contribution in [0.5, 0.6) is 5.75 Å². The fourth-order valence-electron chi connectivity index (χ4n) is 4.01. The average molecular weight is 300 g/mol. The van der Waals surface area contributed by atoms with Gasteiger partial charge in [-0.25, -0.2) is 0 Å². The monoisotopic (exact) mass is 300 g/mol. The number of benzene rings is 1. The molecule has 5 heteroatoms. The number of carbonyl (C=O) groups is 2. The number of amides is 2. The highest BCUT2D eigenvalue weighted by Crippen LogP contribution is 2.37. The first-order valence-corrected chi connectivity index (χ1v) is 8.07. The van der Waals surface area contributed by atoms with Crippen molar-refractivity contribution in [3.8, 4) is 5.75 Å². The smallest absolute Gasteiger partial charge is 0.254 e. The normalized spacial score (nSPS) is 26.7. The molecular weight excluding hydrogens is 280 g/mol. The highest BCUT2D eigenvalue weighted by molar-refractivity contribution is 6.00. The van der Waals surface area contributed by atoms with Gasteiger partial charge in [-0.15, -0.1) is 0 Å². The van der Waals surface area contributed by atoms with Crippen LogP contribution < -0.4 is 10.1 Å². The molecular formula is C17H20N2O3. The van der Waals surface area contributed by atoms with Gasteiger partial charge in [-0.1, -0.05) is 0 Å². The minimum Gasteiger partial charge on any atom is -0.493 e. The van der Waals surface area contributed by atoms with Gasteiger partial charge in [0.15, 0.2) is 0 Å². The summed E-state index contributed by atoms with van der Waals surface area (Å²) in [6.07, 6.45) is 4.24. The van der Waals surface area contributed by atoms with Crippen molar-refractivity contribution in [3.63, 3.8) is 0 Å². The number of fused-ring (bicyclic) bond motifs is 1. The van der Waals surface area contributed by atoms with Gasteiger partial charge in [0.2, 0.25) is 5.91 Å². The molecule has 2 amide bonds. The molecule has 1 atom stereocenters. The first-order chi connectivity index (χ1) is 10.7. The molecule has 1 spiro atoms. The van der Waals surface area contributed by atoms with Gasteiger partial charge in [-0.2, -0.15) is 0 Å². The lowest BCUT2D eigenvalue weighted by Crippen LogP contribution is -2.60. The van der Waals surface area contributed by atoms with Crippen LogP contribution in [0.25, 0.3) is 0 Å². The molecule has 1 unspecified atom stereocenters. The van der Waals surface area contributed by atoms with E-state index >= 15 is 0 Å². The molecule has 22 heavy (non-hydrogen) atoms. The summed E-state index contributed by atoms with van der Waals surface area (Å²) in [6, 6.07) is 5.62. The Balaban J connectivity index is 1.65. The van der Waals surface area contributed by atoms with E-state index in [1.54, 1.807) is 4.90 Å². The third-order valence-electron chi connectivity index (χ3n) is 5.15. The Hall–Kier alpha value is -2.04. The second-order valence-corrected chi connectivity index (χ2v) is 6.37. The van der Waals surface area contributed by atoms with Crippen molar-refractivity contribution < 1.29 is 14.3 Å². The van der Waals surface area contributed by atoms with E-state index in [4.69, 9.17) is 4.74 Å². The molecule has 0 bridgehead atoms. The second-order valence-electron chi connectivity index (χ2n) is 6.37. The summed E-state index contributed by atoms with van der Waals surface area (Å²) in [5.41, 5.74) is 1.14. The Morgan fingerprint density at radius 2 is 2.14 bits per heavy atom. The Kier molecular flexibility index (Phi) is 3.10. The second kappa shape index (κ2) is 5.00. The molecule has 3 aliphatic rings. The molecule has 0 radical (unpaired) electrons. The van der Waals surface area contributed by atoms with E-state index < -0.39 is 5.54 Å². The van der Waals surface area contributed by atoms with Crippen LogP contribution in [0.3, 0.4) is 0 Å². The molecule has 3 aliphatic heterocycles. The Morgan fingerprint density at radius 3 is 3.00 bits per heavy atom. The number of piperidine rings is 1. The largest absolute Gasteiger partial charge is 0.493 e. The van der Waals surface area contributed by atoms with Crippen LogP contribution in [0.4, 0.5) is 0 Å². The third kappa shape index (κ3) is 1.91. The van der Waals surface area contributed by atoms with Gasteiger partial charge < -0.3 is 15.0 Å². The number of rotatable bonds is 1. The molecule has 116 valence electrons. The topological polar surface area (TPSA) is 58.6 Å². The standard InChI is InChI=1S/C17H20N2O3/c20-15(13-3-4-14-12(11-13)5-10-22-14)19-9-2-7-17(19)6-1-8-18-16(17)21/h3-4,11H,1-2,5-10H2,(H,18,21). The van der Waals surface area contributed by atoms with Crippen LogP contribution in [-0.4, -0.2) is 41.9 Å². The van der Waals surface area contributed by atoms with Crippen molar-refractivity contribution in [1.29, 1.82) is 0 Å². The van der Waals surface area contributed by atoms with Gasteiger partial charge in [-0.05, 0) is 49.4 Å². The summed E-state index contributed by atoms with van der Waals surface area (Å²) < 4.78 is 5.50.